The first-order valence-corrected chi connectivity index (χ1v) is 13.6. The number of rotatable bonds is 7. The molecule has 1 aliphatic heterocycles. The Balaban J connectivity index is 1.40. The third kappa shape index (κ3) is 5.27. The minimum Gasteiger partial charge on any atom is -0.359 e. The molecule has 0 radical (unpaired) electrons. The Morgan fingerprint density at radius 1 is 0.900 bits per heavy atom. The van der Waals surface area contributed by atoms with Crippen molar-refractivity contribution in [2.45, 2.75) is 18.9 Å². The summed E-state index contributed by atoms with van der Waals surface area (Å²) in [6, 6.07) is 29.5. The van der Waals surface area contributed by atoms with Gasteiger partial charge in [-0.15, -0.1) is 0 Å². The lowest BCUT2D eigenvalue weighted by molar-refractivity contribution is 0.773. The van der Waals surface area contributed by atoms with E-state index in [9.17, 15) is 0 Å². The first-order chi connectivity index (χ1) is 19.7. The van der Waals surface area contributed by atoms with Gasteiger partial charge in [0.15, 0.2) is 0 Å². The van der Waals surface area contributed by atoms with Gasteiger partial charge < -0.3 is 5.32 Å². The van der Waals surface area contributed by atoms with Crippen molar-refractivity contribution >= 4 is 23.2 Å². The first kappa shape index (κ1) is 25.3. The highest BCUT2D eigenvalue weighted by molar-refractivity contribution is 6.03. The van der Waals surface area contributed by atoms with Gasteiger partial charge in [-0.25, -0.2) is 4.99 Å². The van der Waals surface area contributed by atoms with Crippen LogP contribution in [0.15, 0.2) is 145 Å². The molecule has 0 fully saturated rings. The van der Waals surface area contributed by atoms with Crippen LogP contribution in [-0.2, 0) is 0 Å². The third-order valence-electron chi connectivity index (χ3n) is 7.42. The van der Waals surface area contributed by atoms with E-state index < -0.39 is 0 Å². The van der Waals surface area contributed by atoms with E-state index in [0.29, 0.717) is 0 Å². The smallest absolute Gasteiger partial charge is 0.130 e. The standard InChI is InChI=1S/C37H31N3/c1-3-27-12-7-8-20-34(27)26(2)29-15-9-17-31(22-29)35-24-36(40-37(39-35)28-13-5-4-6-14-28)32-18-10-16-30(23-32)33-19-11-21-38-25-33/h3-5,7-13,15-25,35H,1-2,6,14H2,(H,39,40). The van der Waals surface area contributed by atoms with Gasteiger partial charge >= 0.3 is 0 Å². The van der Waals surface area contributed by atoms with Crippen LogP contribution in [0.1, 0.15) is 46.7 Å². The van der Waals surface area contributed by atoms with Crippen molar-refractivity contribution in [1.82, 2.24) is 10.3 Å². The molecule has 0 amide bonds. The summed E-state index contributed by atoms with van der Waals surface area (Å²) >= 11 is 0. The molecular formula is C37H31N3. The Kier molecular flexibility index (Phi) is 7.19. The Bertz CT molecular complexity index is 1700. The predicted molar refractivity (Wildman–Crippen MR) is 169 cm³/mol. The van der Waals surface area contributed by atoms with Crippen molar-refractivity contribution in [3.05, 3.63) is 168 Å². The number of pyridine rings is 1. The summed E-state index contributed by atoms with van der Waals surface area (Å²) in [5.41, 5.74) is 10.9. The van der Waals surface area contributed by atoms with E-state index in [0.717, 1.165) is 68.9 Å². The maximum absolute atomic E-state index is 5.13. The molecular weight excluding hydrogens is 486 g/mol. The molecule has 3 aromatic carbocycles. The largest absolute Gasteiger partial charge is 0.359 e. The molecule has 2 aliphatic rings. The maximum atomic E-state index is 5.13. The number of hydrogen-bond donors (Lipinski definition) is 1. The van der Waals surface area contributed by atoms with Crippen LogP contribution in [0.3, 0.4) is 0 Å². The zero-order valence-electron chi connectivity index (χ0n) is 22.4. The second-order valence-corrected chi connectivity index (χ2v) is 10.0. The summed E-state index contributed by atoms with van der Waals surface area (Å²) in [5.74, 6) is 0.930. The summed E-state index contributed by atoms with van der Waals surface area (Å²) in [5, 5.41) is 3.73. The van der Waals surface area contributed by atoms with Gasteiger partial charge in [-0.2, -0.15) is 0 Å². The molecule has 4 aromatic rings. The molecule has 1 N–H and O–H groups in total. The van der Waals surface area contributed by atoms with Gasteiger partial charge in [0.05, 0.1) is 11.7 Å². The highest BCUT2D eigenvalue weighted by Gasteiger charge is 2.22. The maximum Gasteiger partial charge on any atom is 0.130 e. The van der Waals surface area contributed by atoms with Crippen molar-refractivity contribution < 1.29 is 0 Å². The molecule has 1 aromatic heterocycles. The summed E-state index contributed by atoms with van der Waals surface area (Å²) < 4.78 is 0. The van der Waals surface area contributed by atoms with Crippen LogP contribution >= 0.6 is 0 Å². The predicted octanol–water partition coefficient (Wildman–Crippen LogP) is 8.81. The molecule has 1 unspecified atom stereocenters. The van der Waals surface area contributed by atoms with Crippen LogP contribution in [0.25, 0.3) is 28.5 Å². The van der Waals surface area contributed by atoms with Gasteiger partial charge in [0.1, 0.15) is 5.84 Å². The highest BCUT2D eigenvalue weighted by Crippen LogP contribution is 2.33. The normalized spacial score (nSPS) is 16.3. The average Bonchev–Trinajstić information content (AvgIpc) is 3.05. The lowest BCUT2D eigenvalue weighted by atomic mass is 9.92. The van der Waals surface area contributed by atoms with Crippen molar-refractivity contribution in [2.24, 2.45) is 4.99 Å². The molecule has 1 atom stereocenters. The summed E-state index contributed by atoms with van der Waals surface area (Å²) in [6.45, 7) is 8.44. The number of benzene rings is 3. The number of amidine groups is 1. The molecule has 3 heteroatoms. The molecule has 0 saturated heterocycles. The second-order valence-electron chi connectivity index (χ2n) is 10.0. The van der Waals surface area contributed by atoms with Gasteiger partial charge in [-0.05, 0) is 76.1 Å². The molecule has 194 valence electrons. The third-order valence-corrected chi connectivity index (χ3v) is 7.42. The van der Waals surface area contributed by atoms with E-state index in [2.05, 4.69) is 114 Å². The zero-order valence-corrected chi connectivity index (χ0v) is 22.4. The van der Waals surface area contributed by atoms with Crippen LogP contribution in [0, 0.1) is 0 Å². The van der Waals surface area contributed by atoms with Gasteiger partial charge in [0, 0.05) is 23.5 Å². The summed E-state index contributed by atoms with van der Waals surface area (Å²) in [4.78, 5) is 9.44. The van der Waals surface area contributed by atoms with Crippen LogP contribution in [0.2, 0.25) is 0 Å². The van der Waals surface area contributed by atoms with Gasteiger partial charge in [-0.3, -0.25) is 4.98 Å². The van der Waals surface area contributed by atoms with E-state index in [1.165, 1.54) is 5.57 Å². The van der Waals surface area contributed by atoms with Crippen LogP contribution in [0.5, 0.6) is 0 Å². The number of hydrogen-bond acceptors (Lipinski definition) is 3. The zero-order chi connectivity index (χ0) is 27.3. The van der Waals surface area contributed by atoms with Gasteiger partial charge in [0.2, 0.25) is 0 Å². The number of nitrogens with one attached hydrogen (secondary N) is 1. The number of aromatic nitrogens is 1. The molecule has 0 spiro atoms. The fraction of sp³-hybridized carbons (Fsp3) is 0.0811. The quantitative estimate of drug-likeness (QED) is 0.266. The lowest BCUT2D eigenvalue weighted by Crippen LogP contribution is -2.32. The van der Waals surface area contributed by atoms with Crippen LogP contribution < -0.4 is 5.32 Å². The Morgan fingerprint density at radius 2 is 1.75 bits per heavy atom. The second kappa shape index (κ2) is 11.4. The van der Waals surface area contributed by atoms with E-state index in [4.69, 9.17) is 4.99 Å². The van der Waals surface area contributed by atoms with E-state index >= 15 is 0 Å². The molecule has 0 bridgehead atoms. The van der Waals surface area contributed by atoms with Crippen molar-refractivity contribution in [1.29, 1.82) is 0 Å². The van der Waals surface area contributed by atoms with E-state index in [1.807, 2.05) is 30.5 Å². The molecule has 1 aliphatic carbocycles. The Hall–Kier alpha value is -5.02. The first-order valence-electron chi connectivity index (χ1n) is 13.6. The van der Waals surface area contributed by atoms with Crippen LogP contribution in [0.4, 0.5) is 0 Å². The highest BCUT2D eigenvalue weighted by atomic mass is 15.0. The summed E-state index contributed by atoms with van der Waals surface area (Å²) in [7, 11) is 0. The molecule has 3 nitrogen and oxygen atoms in total. The Labute approximate surface area is 236 Å². The lowest BCUT2D eigenvalue weighted by Gasteiger charge is -2.26. The minimum atomic E-state index is -0.0428. The van der Waals surface area contributed by atoms with E-state index in [-0.39, 0.29) is 6.04 Å². The summed E-state index contributed by atoms with van der Waals surface area (Å²) in [6.07, 6.45) is 16.3. The SMILES string of the molecule is C=Cc1ccccc1C(=C)c1cccc(C2C=C(c3cccc(-c4cccnc4)c3)N=C(C3=CC=CCC3)N2)c1. The number of allylic oxidation sites excluding steroid dienone is 3. The average molecular weight is 518 g/mol. The fourth-order valence-electron chi connectivity index (χ4n) is 5.26. The van der Waals surface area contributed by atoms with Gasteiger partial charge in [-0.1, -0.05) is 104 Å². The van der Waals surface area contributed by atoms with Crippen molar-refractivity contribution in [2.75, 3.05) is 0 Å². The van der Waals surface area contributed by atoms with E-state index in [1.54, 1.807) is 6.20 Å². The monoisotopic (exact) mass is 517 g/mol. The molecule has 2 heterocycles. The van der Waals surface area contributed by atoms with Crippen LogP contribution in [-0.4, -0.2) is 10.8 Å². The topological polar surface area (TPSA) is 37.3 Å². The number of nitrogens with zero attached hydrogens (tertiary/aromatic N) is 2. The number of aliphatic imine (C=N–C) groups is 1. The molecule has 6 rings (SSSR count). The molecule has 40 heavy (non-hydrogen) atoms. The minimum absolute atomic E-state index is 0.0428. The van der Waals surface area contributed by atoms with Crippen molar-refractivity contribution in [3.63, 3.8) is 0 Å². The fourth-order valence-corrected chi connectivity index (χ4v) is 5.26. The Morgan fingerprint density at radius 3 is 2.58 bits per heavy atom. The van der Waals surface area contributed by atoms with Crippen molar-refractivity contribution in [3.8, 4) is 11.1 Å². The van der Waals surface area contributed by atoms with Gasteiger partial charge in [0.25, 0.3) is 0 Å². The molecule has 0 saturated carbocycles.